The van der Waals surface area contributed by atoms with Gasteiger partial charge in [-0.2, -0.15) is 0 Å². The smallest absolute Gasteiger partial charge is 0 e. The SMILES string of the molecule is [Ba+2].[OH-].[OH-].[OH-].[OH-].[O]=[Sb]([O-])([O-])[O-].[Ti]. The van der Waals surface area contributed by atoms with Crippen LogP contribution in [-0.2, 0) is 24.7 Å². The van der Waals surface area contributed by atoms with Crippen molar-refractivity contribution in [2.45, 2.75) is 0 Å². The molecule has 0 saturated heterocycles. The molecule has 0 spiro atoms. The van der Waals surface area contributed by atoms with E-state index in [0.29, 0.717) is 0 Å². The van der Waals surface area contributed by atoms with Crippen LogP contribution in [-0.4, -0.2) is 90.8 Å². The molecule has 4 N–H and O–H groups in total. The zero-order chi connectivity index (χ0) is 4.50. The zero-order valence-electron chi connectivity index (χ0n) is 5.08. The van der Waals surface area contributed by atoms with Crippen molar-refractivity contribution in [3.8, 4) is 0 Å². The Morgan fingerprint density at radius 1 is 0.818 bits per heavy atom. The van der Waals surface area contributed by atoms with Crippen LogP contribution >= 0.6 is 0 Å². The van der Waals surface area contributed by atoms with E-state index in [1.807, 2.05) is 0 Å². The Kier molecular flexibility index (Phi) is 103. The minimum atomic E-state index is -6.10. The largest absolute Gasteiger partial charge is 0 e. The zero-order valence-corrected chi connectivity index (χ0v) is 13.6. The van der Waals surface area contributed by atoms with Crippen molar-refractivity contribution in [2.75, 3.05) is 0 Å². The Hall–Kier alpha value is 2.62. The first-order chi connectivity index (χ1) is 2.00. The van der Waals surface area contributed by atoms with Gasteiger partial charge in [0.2, 0.25) is 0 Å². The molecule has 0 fully saturated rings. The van der Waals surface area contributed by atoms with Gasteiger partial charge in [-0.1, -0.05) is 0 Å². The van der Waals surface area contributed by atoms with Crippen LogP contribution < -0.4 is 10.2 Å². The summed E-state index contributed by atoms with van der Waals surface area (Å²) in [7, 11) is 0. The van der Waals surface area contributed by atoms with Gasteiger partial charge in [-0.25, -0.2) is 0 Å². The standard InChI is InChI=1S/Ba.4H2O.4O.Sb.Ti/h;4*1H2;;;;;;/q+2;;;;;;3*-1;;/p-4. The minimum absolute atomic E-state index is 0. The summed E-state index contributed by atoms with van der Waals surface area (Å²) in [6, 6.07) is 0. The van der Waals surface area contributed by atoms with E-state index >= 15 is 0 Å². The van der Waals surface area contributed by atoms with Crippen LogP contribution in [0.3, 0.4) is 0 Å². The molecule has 0 aromatic rings. The van der Waals surface area contributed by atoms with Crippen LogP contribution in [0.1, 0.15) is 0 Å². The van der Waals surface area contributed by atoms with Gasteiger partial charge in [0.05, 0.1) is 0 Å². The first kappa shape index (κ1) is 49.5. The van der Waals surface area contributed by atoms with Gasteiger partial charge >= 0.3 is 82.1 Å². The molecule has 0 rings (SSSR count). The Bertz CT molecular complexity index is 60.2. The average molecular weight is 439 g/mol. The van der Waals surface area contributed by atoms with Gasteiger partial charge in [0.1, 0.15) is 0 Å². The Morgan fingerprint density at radius 2 is 0.818 bits per heavy atom. The van der Waals surface area contributed by atoms with Crippen molar-refractivity contribution in [1.29, 1.82) is 0 Å². The van der Waals surface area contributed by atoms with Crippen LogP contribution in [0, 0.1) is 0 Å². The first-order valence-electron chi connectivity index (χ1n) is 0.730. The topological polar surface area (TPSA) is 206 Å². The monoisotopic (exact) mass is 439 g/mol. The molecule has 68 valence electrons. The molecule has 0 saturated carbocycles. The molecule has 0 radical (unpaired) electrons. The van der Waals surface area contributed by atoms with Crippen LogP contribution in [0.5, 0.6) is 0 Å². The maximum atomic E-state index is 8.64. The van der Waals surface area contributed by atoms with Gasteiger partial charge in [-0.3, -0.25) is 0 Å². The van der Waals surface area contributed by atoms with Crippen molar-refractivity contribution in [3.05, 3.63) is 0 Å². The van der Waals surface area contributed by atoms with E-state index in [0.717, 1.165) is 0 Å². The molecule has 11 heavy (non-hydrogen) atoms. The second-order valence-electron chi connectivity index (χ2n) is 0.447. The second kappa shape index (κ2) is 22.9. The van der Waals surface area contributed by atoms with Crippen LogP contribution in [0.25, 0.3) is 0 Å². The van der Waals surface area contributed by atoms with E-state index in [2.05, 4.69) is 0 Å². The fourth-order valence-electron chi connectivity index (χ4n) is 0. The van der Waals surface area contributed by atoms with Crippen molar-refractivity contribution < 1.29 is 56.8 Å². The Labute approximate surface area is 123 Å². The summed E-state index contributed by atoms with van der Waals surface area (Å²) in [5.74, 6) is 0. The second-order valence-corrected chi connectivity index (χ2v) is 3.00. The molecule has 8 nitrogen and oxygen atoms in total. The first-order valence-corrected chi connectivity index (χ1v) is 4.90. The van der Waals surface area contributed by atoms with Crippen LogP contribution in [0.15, 0.2) is 0 Å². The van der Waals surface area contributed by atoms with Crippen LogP contribution in [0.4, 0.5) is 0 Å². The Morgan fingerprint density at radius 3 is 0.818 bits per heavy atom. The maximum Gasteiger partial charge on any atom is 0 e. The molecule has 0 bridgehead atoms. The van der Waals surface area contributed by atoms with Crippen molar-refractivity contribution in [1.82, 2.24) is 0 Å². The molecule has 0 aliphatic carbocycles. The molecule has 0 aromatic carbocycles. The third kappa shape index (κ3) is 207. The molecule has 0 amide bonds. The fraction of sp³-hybridized carbons (Fsp3) is 0. The van der Waals surface area contributed by atoms with Gasteiger partial charge in [-0.15, -0.1) is 0 Å². The van der Waals surface area contributed by atoms with Crippen molar-refractivity contribution in [3.63, 3.8) is 0 Å². The minimum Gasteiger partial charge on any atom is 0 e. The molecular formula is H4BaO8SbTi-5. The molecule has 0 aromatic heterocycles. The normalized spacial score (nSPS) is 5.36. The summed E-state index contributed by atoms with van der Waals surface area (Å²) < 4.78 is 34.6. The van der Waals surface area contributed by atoms with Gasteiger partial charge in [0, 0.05) is 21.7 Å². The third-order valence-corrected chi connectivity index (χ3v) is 0. The molecule has 0 heterocycles. The predicted molar refractivity (Wildman–Crippen MR) is 19.9 cm³/mol. The summed E-state index contributed by atoms with van der Waals surface area (Å²) in [5.41, 5.74) is 0. The quantitative estimate of drug-likeness (QED) is 0.333. The molecular weight excluding hydrogens is 435 g/mol. The summed E-state index contributed by atoms with van der Waals surface area (Å²) >= 11 is -6.10. The predicted octanol–water partition coefficient (Wildman–Crippen LogP) is -5.16. The maximum absolute atomic E-state index is 8.64. The molecule has 11 heteroatoms. The molecule has 0 aliphatic heterocycles. The summed E-state index contributed by atoms with van der Waals surface area (Å²) in [4.78, 5) is 0. The summed E-state index contributed by atoms with van der Waals surface area (Å²) in [5, 5.41) is 0. The average Bonchev–Trinajstić information content (AvgIpc) is 0.722. The van der Waals surface area contributed by atoms with Crippen molar-refractivity contribution in [2.24, 2.45) is 0 Å². The van der Waals surface area contributed by atoms with Crippen LogP contribution in [0.2, 0.25) is 0 Å². The number of hydrogen-bond acceptors (Lipinski definition) is 8. The Balaban J connectivity index is -0.00000000533. The van der Waals surface area contributed by atoms with E-state index in [9.17, 15) is 0 Å². The van der Waals surface area contributed by atoms with E-state index < -0.39 is 20.1 Å². The van der Waals surface area contributed by atoms with Gasteiger partial charge in [0.15, 0.2) is 0 Å². The van der Waals surface area contributed by atoms with Gasteiger partial charge in [0.25, 0.3) is 0 Å². The van der Waals surface area contributed by atoms with E-state index in [1.165, 1.54) is 0 Å². The summed E-state index contributed by atoms with van der Waals surface area (Å²) in [6.07, 6.45) is 0. The van der Waals surface area contributed by atoms with E-state index in [4.69, 9.17) is 13.2 Å². The fourth-order valence-corrected chi connectivity index (χ4v) is 0. The molecule has 0 aliphatic rings. The van der Waals surface area contributed by atoms with Gasteiger partial charge in [-0.05, 0) is 0 Å². The number of rotatable bonds is 0. The summed E-state index contributed by atoms with van der Waals surface area (Å²) in [6.45, 7) is 0. The molecule has 0 atom stereocenters. The number of hydrogen-bond donors (Lipinski definition) is 0. The third-order valence-electron chi connectivity index (χ3n) is 0. The molecule has 0 unspecified atom stereocenters. The van der Waals surface area contributed by atoms with E-state index in [1.54, 1.807) is 0 Å². The van der Waals surface area contributed by atoms with Gasteiger partial charge < -0.3 is 21.9 Å². The van der Waals surface area contributed by atoms with E-state index in [-0.39, 0.29) is 92.5 Å². The van der Waals surface area contributed by atoms with Crippen molar-refractivity contribution >= 4 is 68.9 Å².